The Morgan fingerprint density at radius 1 is 1.09 bits per heavy atom. The third-order valence-electron chi connectivity index (χ3n) is 7.61. The summed E-state index contributed by atoms with van der Waals surface area (Å²) in [6.45, 7) is 0.675. The van der Waals surface area contributed by atoms with Crippen molar-refractivity contribution >= 4 is 11.9 Å². The van der Waals surface area contributed by atoms with E-state index in [9.17, 15) is 9.59 Å². The summed E-state index contributed by atoms with van der Waals surface area (Å²) in [5.74, 6) is 0.821. The number of aromatic nitrogens is 1. The Morgan fingerprint density at radius 2 is 1.91 bits per heavy atom. The number of ether oxygens (including phenoxy) is 1. The zero-order chi connectivity index (χ0) is 23.0. The maximum atomic E-state index is 12.6. The van der Waals surface area contributed by atoms with E-state index in [1.54, 1.807) is 0 Å². The van der Waals surface area contributed by atoms with Gasteiger partial charge in [-0.25, -0.2) is 4.98 Å². The van der Waals surface area contributed by atoms with E-state index in [1.165, 1.54) is 51.2 Å². The van der Waals surface area contributed by atoms with E-state index in [-0.39, 0.29) is 36.4 Å². The van der Waals surface area contributed by atoms with Crippen LogP contribution in [0.5, 0.6) is 0 Å². The first-order valence-corrected chi connectivity index (χ1v) is 12.9. The van der Waals surface area contributed by atoms with Crippen LogP contribution in [0, 0.1) is 11.8 Å². The van der Waals surface area contributed by atoms with Crippen molar-refractivity contribution in [1.29, 1.82) is 0 Å². The lowest BCUT2D eigenvalue weighted by Crippen LogP contribution is -2.27. The fraction of sp³-hybridized carbons (Fsp3) is 0.731. The van der Waals surface area contributed by atoms with Gasteiger partial charge in [0.05, 0.1) is 18.1 Å². The first-order chi connectivity index (χ1) is 16.1. The van der Waals surface area contributed by atoms with Crippen LogP contribution in [0.15, 0.2) is 22.8 Å². The predicted molar refractivity (Wildman–Crippen MR) is 124 cm³/mol. The van der Waals surface area contributed by atoms with Gasteiger partial charge in [0, 0.05) is 18.9 Å². The molecule has 0 radical (unpaired) electrons. The number of allylic oxidation sites excluding steroid dienone is 2. The second-order valence-corrected chi connectivity index (χ2v) is 9.95. The molecule has 33 heavy (non-hydrogen) atoms. The molecule has 0 aromatic carbocycles. The zero-order valence-corrected chi connectivity index (χ0v) is 19.5. The highest BCUT2D eigenvalue weighted by Crippen LogP contribution is 2.50. The lowest BCUT2D eigenvalue weighted by atomic mass is 9.77. The summed E-state index contributed by atoms with van der Waals surface area (Å²) < 4.78 is 11.9. The van der Waals surface area contributed by atoms with Crippen LogP contribution >= 0.6 is 0 Å². The summed E-state index contributed by atoms with van der Waals surface area (Å²) >= 11 is 0. The maximum absolute atomic E-state index is 12.6. The summed E-state index contributed by atoms with van der Waals surface area (Å²) in [7, 11) is 0. The fourth-order valence-electron chi connectivity index (χ4n) is 5.87. The van der Waals surface area contributed by atoms with E-state index in [1.807, 2.05) is 6.08 Å². The minimum atomic E-state index is -0.782. The number of nitrogens with zero attached hydrogens (tertiary/aromatic N) is 1. The molecule has 7 nitrogen and oxygen atoms in total. The Labute approximate surface area is 196 Å². The van der Waals surface area contributed by atoms with Crippen LogP contribution in [0.4, 0.5) is 0 Å². The van der Waals surface area contributed by atoms with E-state index < -0.39 is 5.97 Å². The first-order valence-electron chi connectivity index (χ1n) is 12.9. The number of hydrogen-bond donors (Lipinski definition) is 2. The van der Waals surface area contributed by atoms with Crippen molar-refractivity contribution in [2.24, 2.45) is 11.8 Å². The van der Waals surface area contributed by atoms with Crippen molar-refractivity contribution in [3.05, 3.63) is 30.0 Å². The number of fused-ring (bicyclic) bond motifs is 2. The van der Waals surface area contributed by atoms with E-state index in [4.69, 9.17) is 14.3 Å². The molecule has 1 saturated carbocycles. The SMILES string of the molecule is O=C(O)CC/C=C\C[C@@H]1[C@H](c2nc(C(=O)NCCCCC3CCCCC3)co2)[C@H]2CC[C@@H]1O2. The quantitative estimate of drug-likeness (QED) is 0.329. The minimum absolute atomic E-state index is 0.0462. The fourth-order valence-corrected chi connectivity index (χ4v) is 5.87. The average molecular weight is 459 g/mol. The van der Waals surface area contributed by atoms with Crippen LogP contribution in [0.25, 0.3) is 0 Å². The van der Waals surface area contributed by atoms with Gasteiger partial charge in [-0.15, -0.1) is 0 Å². The molecule has 4 atom stereocenters. The van der Waals surface area contributed by atoms with Gasteiger partial charge in [-0.3, -0.25) is 9.59 Å². The summed E-state index contributed by atoms with van der Waals surface area (Å²) in [6, 6.07) is 0. The van der Waals surface area contributed by atoms with Gasteiger partial charge in [0.1, 0.15) is 6.26 Å². The summed E-state index contributed by atoms with van der Waals surface area (Å²) in [5, 5.41) is 11.8. The molecule has 2 bridgehead atoms. The van der Waals surface area contributed by atoms with Gasteiger partial charge in [-0.2, -0.15) is 0 Å². The first kappa shape index (κ1) is 24.0. The third kappa shape index (κ3) is 6.46. The molecule has 4 rings (SSSR count). The minimum Gasteiger partial charge on any atom is -0.481 e. The molecule has 1 aromatic rings. The standard InChI is InChI=1S/C26H38N2O5/c29-23(30)13-6-2-5-12-19-21-14-15-22(33-21)24(19)26-28-20(17-32-26)25(31)27-16-8-7-11-18-9-3-1-4-10-18/h2,5,17-19,21-22,24H,1,3-4,6-16H2,(H,27,31)(H,29,30)/b5-2-/t19-,21-,22+,24-/m0/s1. The summed E-state index contributed by atoms with van der Waals surface area (Å²) in [4.78, 5) is 27.8. The number of oxazole rings is 1. The summed E-state index contributed by atoms with van der Waals surface area (Å²) in [5.41, 5.74) is 0.343. The van der Waals surface area contributed by atoms with Crippen molar-refractivity contribution in [3.8, 4) is 0 Å². The number of hydrogen-bond acceptors (Lipinski definition) is 5. The topological polar surface area (TPSA) is 102 Å². The Bertz CT molecular complexity index is 813. The molecule has 0 unspecified atom stereocenters. The Balaban J connectivity index is 1.23. The molecule has 1 aliphatic carbocycles. The van der Waals surface area contributed by atoms with E-state index >= 15 is 0 Å². The number of carboxylic acids is 1. The van der Waals surface area contributed by atoms with Gasteiger partial charge < -0.3 is 19.6 Å². The van der Waals surface area contributed by atoms with Crippen molar-refractivity contribution < 1.29 is 23.8 Å². The zero-order valence-electron chi connectivity index (χ0n) is 19.5. The van der Waals surface area contributed by atoms with Crippen LogP contribution < -0.4 is 5.32 Å². The molecule has 2 saturated heterocycles. The molecule has 7 heteroatoms. The summed E-state index contributed by atoms with van der Waals surface area (Å²) in [6.07, 6.45) is 19.6. The Kier molecular flexibility index (Phi) is 8.59. The van der Waals surface area contributed by atoms with Crippen LogP contribution in [-0.4, -0.2) is 40.7 Å². The number of carboxylic acid groups (broad SMARTS) is 1. The van der Waals surface area contributed by atoms with Crippen LogP contribution in [0.2, 0.25) is 0 Å². The number of nitrogens with one attached hydrogen (secondary N) is 1. The van der Waals surface area contributed by atoms with Crippen molar-refractivity contribution in [2.75, 3.05) is 6.54 Å². The average Bonchev–Trinajstić information content (AvgIpc) is 3.55. The largest absolute Gasteiger partial charge is 0.481 e. The third-order valence-corrected chi connectivity index (χ3v) is 7.61. The molecule has 1 amide bonds. The van der Waals surface area contributed by atoms with Gasteiger partial charge in [0.25, 0.3) is 5.91 Å². The smallest absolute Gasteiger partial charge is 0.303 e. The highest BCUT2D eigenvalue weighted by Gasteiger charge is 2.51. The molecule has 2 N–H and O–H groups in total. The molecule has 1 aromatic heterocycles. The predicted octanol–water partition coefficient (Wildman–Crippen LogP) is 5.23. The lowest BCUT2D eigenvalue weighted by Gasteiger charge is -2.24. The van der Waals surface area contributed by atoms with Gasteiger partial charge in [0.2, 0.25) is 5.89 Å². The number of amides is 1. The normalized spacial score (nSPS) is 27.4. The number of rotatable bonds is 12. The molecular weight excluding hydrogens is 420 g/mol. The number of aliphatic carboxylic acids is 1. The molecular formula is C26H38N2O5. The molecule has 2 aliphatic heterocycles. The number of carbonyl (C=O) groups excluding carboxylic acids is 1. The molecule has 3 aliphatic rings. The highest BCUT2D eigenvalue weighted by molar-refractivity contribution is 5.91. The molecule has 0 spiro atoms. The monoisotopic (exact) mass is 458 g/mol. The number of carbonyl (C=O) groups is 2. The Morgan fingerprint density at radius 3 is 2.73 bits per heavy atom. The molecule has 182 valence electrons. The maximum Gasteiger partial charge on any atom is 0.303 e. The van der Waals surface area contributed by atoms with Crippen molar-refractivity contribution in [2.45, 2.75) is 102 Å². The van der Waals surface area contributed by atoms with Crippen LogP contribution in [0.1, 0.15) is 106 Å². The van der Waals surface area contributed by atoms with Gasteiger partial charge in [0.15, 0.2) is 5.69 Å². The van der Waals surface area contributed by atoms with Gasteiger partial charge in [-0.05, 0) is 38.0 Å². The van der Waals surface area contributed by atoms with Gasteiger partial charge in [-0.1, -0.05) is 57.1 Å². The van der Waals surface area contributed by atoms with E-state index in [0.29, 0.717) is 24.6 Å². The molecule has 3 heterocycles. The van der Waals surface area contributed by atoms with Crippen molar-refractivity contribution in [1.82, 2.24) is 10.3 Å². The van der Waals surface area contributed by atoms with Crippen LogP contribution in [0.3, 0.4) is 0 Å². The molecule has 3 fully saturated rings. The van der Waals surface area contributed by atoms with Gasteiger partial charge >= 0.3 is 5.97 Å². The second-order valence-electron chi connectivity index (χ2n) is 9.95. The highest BCUT2D eigenvalue weighted by atomic mass is 16.5. The van der Waals surface area contributed by atoms with E-state index in [2.05, 4.69) is 16.4 Å². The van der Waals surface area contributed by atoms with Crippen LogP contribution in [-0.2, 0) is 9.53 Å². The lowest BCUT2D eigenvalue weighted by molar-refractivity contribution is -0.136. The second kappa shape index (κ2) is 11.8. The van der Waals surface area contributed by atoms with E-state index in [0.717, 1.165) is 31.6 Å². The Hall–Kier alpha value is -2.15. The van der Waals surface area contributed by atoms with Crippen molar-refractivity contribution in [3.63, 3.8) is 0 Å². The number of unbranched alkanes of at least 4 members (excludes halogenated alkanes) is 1.